The zero-order chi connectivity index (χ0) is 25.5. The normalized spacial score (nSPS) is 16.4. The maximum absolute atomic E-state index is 6.17. The molecule has 37 heavy (non-hydrogen) atoms. The number of likely N-dealkylation sites (N-methyl/N-ethyl adjacent to an activating group) is 1. The van der Waals surface area contributed by atoms with Crippen LogP contribution in [0.4, 0.5) is 17.5 Å². The number of imidazole rings is 1. The summed E-state index contributed by atoms with van der Waals surface area (Å²) in [7, 11) is 4.13. The van der Waals surface area contributed by atoms with Crippen LogP contribution in [-0.2, 0) is 7.05 Å². The van der Waals surface area contributed by atoms with Crippen molar-refractivity contribution in [3.63, 3.8) is 0 Å². The minimum Gasteiger partial charge on any atom is -0.457 e. The third-order valence-electron chi connectivity index (χ3n) is 6.97. The van der Waals surface area contributed by atoms with Crippen molar-refractivity contribution in [2.45, 2.75) is 19.9 Å². The maximum Gasteiger partial charge on any atom is 0.226 e. The Balaban J connectivity index is 1.24. The third-order valence-corrected chi connectivity index (χ3v) is 6.97. The van der Waals surface area contributed by atoms with Gasteiger partial charge in [0.25, 0.3) is 0 Å². The van der Waals surface area contributed by atoms with E-state index in [1.807, 2.05) is 54.9 Å². The summed E-state index contributed by atoms with van der Waals surface area (Å²) >= 11 is 0. The molecule has 5 aromatic rings. The SMILES string of the molecule is Cc1cc(Nc2ncnc3cnc(N4CCN(C)[C@@H](C)C4)nc23)ccc1Oc1ccc2c(c1)ncn2C. The molecule has 1 aliphatic heterocycles. The Hall–Kier alpha value is -4.31. The lowest BCUT2D eigenvalue weighted by Gasteiger charge is -2.37. The highest BCUT2D eigenvalue weighted by atomic mass is 16.5. The molecule has 0 amide bonds. The van der Waals surface area contributed by atoms with Gasteiger partial charge in [-0.2, -0.15) is 0 Å². The summed E-state index contributed by atoms with van der Waals surface area (Å²) in [5.41, 5.74) is 5.24. The molecule has 0 saturated carbocycles. The topological polar surface area (TPSA) is 97.1 Å². The lowest BCUT2D eigenvalue weighted by Crippen LogP contribution is -2.50. The minimum atomic E-state index is 0.437. The van der Waals surface area contributed by atoms with Crippen molar-refractivity contribution in [3.05, 3.63) is 60.8 Å². The van der Waals surface area contributed by atoms with E-state index in [-0.39, 0.29) is 0 Å². The highest BCUT2D eigenvalue weighted by molar-refractivity contribution is 5.87. The first-order chi connectivity index (χ1) is 17.9. The van der Waals surface area contributed by atoms with Crippen LogP contribution in [0.5, 0.6) is 11.5 Å². The van der Waals surface area contributed by atoms with E-state index in [0.29, 0.717) is 28.8 Å². The fourth-order valence-electron chi connectivity index (χ4n) is 4.60. The lowest BCUT2D eigenvalue weighted by molar-refractivity contribution is 0.233. The second-order valence-corrected chi connectivity index (χ2v) is 9.62. The highest BCUT2D eigenvalue weighted by Crippen LogP contribution is 2.31. The fourth-order valence-corrected chi connectivity index (χ4v) is 4.60. The molecule has 0 aliphatic carbocycles. The smallest absolute Gasteiger partial charge is 0.226 e. The number of nitrogens with one attached hydrogen (secondary N) is 1. The molecule has 10 heteroatoms. The summed E-state index contributed by atoms with van der Waals surface area (Å²) in [5, 5.41) is 3.42. The molecule has 188 valence electrons. The number of benzene rings is 2. The molecule has 1 fully saturated rings. The van der Waals surface area contributed by atoms with Gasteiger partial charge in [0.2, 0.25) is 5.95 Å². The zero-order valence-corrected chi connectivity index (χ0v) is 21.4. The van der Waals surface area contributed by atoms with E-state index in [0.717, 1.165) is 53.4 Å². The van der Waals surface area contributed by atoms with Gasteiger partial charge >= 0.3 is 0 Å². The quantitative estimate of drug-likeness (QED) is 0.383. The molecule has 1 atom stereocenters. The summed E-state index contributed by atoms with van der Waals surface area (Å²) in [4.78, 5) is 27.3. The van der Waals surface area contributed by atoms with Gasteiger partial charge in [0.1, 0.15) is 28.9 Å². The van der Waals surface area contributed by atoms with Crippen LogP contribution in [0.25, 0.3) is 22.1 Å². The molecule has 1 saturated heterocycles. The van der Waals surface area contributed by atoms with Crippen molar-refractivity contribution in [3.8, 4) is 11.5 Å². The van der Waals surface area contributed by atoms with Gasteiger partial charge in [0.05, 0.1) is 23.6 Å². The van der Waals surface area contributed by atoms with E-state index < -0.39 is 0 Å². The Bertz CT molecular complexity index is 1600. The van der Waals surface area contributed by atoms with Gasteiger partial charge in [-0.25, -0.2) is 24.9 Å². The molecular weight excluding hydrogens is 466 g/mol. The minimum absolute atomic E-state index is 0.437. The molecule has 0 unspecified atom stereocenters. The summed E-state index contributed by atoms with van der Waals surface area (Å²) < 4.78 is 8.16. The first-order valence-corrected chi connectivity index (χ1v) is 12.3. The Morgan fingerprint density at radius 1 is 0.973 bits per heavy atom. The monoisotopic (exact) mass is 495 g/mol. The predicted octanol–water partition coefficient (Wildman–Crippen LogP) is 4.29. The van der Waals surface area contributed by atoms with E-state index in [1.165, 1.54) is 6.33 Å². The number of nitrogens with zero attached hydrogens (tertiary/aromatic N) is 8. The number of anilines is 3. The number of fused-ring (bicyclic) bond motifs is 2. The van der Waals surface area contributed by atoms with Crippen LogP contribution in [0, 0.1) is 6.92 Å². The first-order valence-electron chi connectivity index (χ1n) is 12.3. The average Bonchev–Trinajstić information content (AvgIpc) is 3.27. The van der Waals surface area contributed by atoms with E-state index in [4.69, 9.17) is 9.72 Å². The Labute approximate surface area is 215 Å². The molecule has 1 N–H and O–H groups in total. The summed E-state index contributed by atoms with van der Waals surface area (Å²) in [5.74, 6) is 2.88. The van der Waals surface area contributed by atoms with Crippen molar-refractivity contribution in [2.24, 2.45) is 7.05 Å². The van der Waals surface area contributed by atoms with Crippen LogP contribution in [0.15, 0.2) is 55.2 Å². The zero-order valence-electron chi connectivity index (χ0n) is 21.4. The molecule has 6 rings (SSSR count). The van der Waals surface area contributed by atoms with Gasteiger partial charge < -0.3 is 24.4 Å². The van der Waals surface area contributed by atoms with Crippen LogP contribution in [0.3, 0.4) is 0 Å². The van der Waals surface area contributed by atoms with Gasteiger partial charge in [0.15, 0.2) is 5.82 Å². The van der Waals surface area contributed by atoms with Gasteiger partial charge in [-0.05, 0) is 56.8 Å². The van der Waals surface area contributed by atoms with Crippen LogP contribution < -0.4 is 15.0 Å². The van der Waals surface area contributed by atoms with Gasteiger partial charge in [-0.1, -0.05) is 0 Å². The Kier molecular flexibility index (Phi) is 5.80. The average molecular weight is 496 g/mol. The molecule has 4 heterocycles. The van der Waals surface area contributed by atoms with Crippen LogP contribution in [-0.4, -0.2) is 67.1 Å². The molecule has 10 nitrogen and oxygen atoms in total. The lowest BCUT2D eigenvalue weighted by atomic mass is 10.2. The standard InChI is InChI=1S/C27H29N9O/c1-17-11-19(5-8-24(17)37-20-6-7-23-21(12-20)31-16-35(23)4)32-26-25-22(29-15-30-26)13-28-27(33-25)36-10-9-34(3)18(2)14-36/h5-8,11-13,15-16,18H,9-10,14H2,1-4H3,(H,29,30,32)/t18-/m0/s1. The number of hydrogen-bond donors (Lipinski definition) is 1. The second kappa shape index (κ2) is 9.29. The summed E-state index contributed by atoms with van der Waals surface area (Å²) in [6.07, 6.45) is 5.11. The van der Waals surface area contributed by atoms with Crippen molar-refractivity contribution in [2.75, 3.05) is 36.9 Å². The first kappa shape index (κ1) is 23.1. The van der Waals surface area contributed by atoms with E-state index in [9.17, 15) is 0 Å². The number of aromatic nitrogens is 6. The Morgan fingerprint density at radius 3 is 2.70 bits per heavy atom. The van der Waals surface area contributed by atoms with Crippen LogP contribution >= 0.6 is 0 Å². The largest absolute Gasteiger partial charge is 0.457 e. The fraction of sp³-hybridized carbons (Fsp3) is 0.296. The Morgan fingerprint density at radius 2 is 1.86 bits per heavy atom. The maximum atomic E-state index is 6.17. The van der Waals surface area contributed by atoms with Crippen LogP contribution in [0.2, 0.25) is 0 Å². The highest BCUT2D eigenvalue weighted by Gasteiger charge is 2.23. The molecule has 0 bridgehead atoms. The van der Waals surface area contributed by atoms with Crippen LogP contribution in [0.1, 0.15) is 12.5 Å². The number of aryl methyl sites for hydroxylation is 2. The van der Waals surface area contributed by atoms with Crippen molar-refractivity contribution >= 4 is 39.5 Å². The van der Waals surface area contributed by atoms with Crippen molar-refractivity contribution in [1.82, 2.24) is 34.4 Å². The van der Waals surface area contributed by atoms with E-state index in [2.05, 4.69) is 49.0 Å². The summed E-state index contributed by atoms with van der Waals surface area (Å²) in [6.45, 7) is 6.98. The second-order valence-electron chi connectivity index (χ2n) is 9.62. The van der Waals surface area contributed by atoms with Gasteiger partial charge in [-0.15, -0.1) is 0 Å². The van der Waals surface area contributed by atoms with Gasteiger partial charge in [-0.3, -0.25) is 0 Å². The number of hydrogen-bond acceptors (Lipinski definition) is 9. The van der Waals surface area contributed by atoms with E-state index in [1.54, 1.807) is 12.5 Å². The number of rotatable bonds is 5. The molecule has 0 radical (unpaired) electrons. The molecule has 0 spiro atoms. The third kappa shape index (κ3) is 4.51. The van der Waals surface area contributed by atoms with E-state index >= 15 is 0 Å². The number of piperazine rings is 1. The molecular formula is C27H29N9O. The van der Waals surface area contributed by atoms with Gasteiger partial charge in [0, 0.05) is 44.5 Å². The van der Waals surface area contributed by atoms with Crippen molar-refractivity contribution in [1.29, 1.82) is 0 Å². The number of ether oxygens (including phenoxy) is 1. The molecule has 3 aromatic heterocycles. The molecule has 1 aliphatic rings. The molecule has 2 aromatic carbocycles. The predicted molar refractivity (Wildman–Crippen MR) is 145 cm³/mol. The van der Waals surface area contributed by atoms with Crippen molar-refractivity contribution < 1.29 is 4.74 Å². The summed E-state index contributed by atoms with van der Waals surface area (Å²) in [6, 6.07) is 12.3.